The summed E-state index contributed by atoms with van der Waals surface area (Å²) in [5, 5.41) is 0. The molecule has 0 bridgehead atoms. The average molecular weight is 526 g/mol. The summed E-state index contributed by atoms with van der Waals surface area (Å²) in [6, 6.07) is 5.76. The van der Waals surface area contributed by atoms with Crippen molar-refractivity contribution in [3.05, 3.63) is 57.6 Å². The van der Waals surface area contributed by atoms with Gasteiger partial charge in [-0.15, -0.1) is 0 Å². The molecule has 0 N–H and O–H groups in total. The van der Waals surface area contributed by atoms with Gasteiger partial charge in [0.1, 0.15) is 5.75 Å². The van der Waals surface area contributed by atoms with Crippen LogP contribution in [0.3, 0.4) is 0 Å². The Labute approximate surface area is 185 Å². The minimum absolute atomic E-state index is 0.0675. The lowest BCUT2D eigenvalue weighted by Gasteiger charge is -2.26. The van der Waals surface area contributed by atoms with Crippen molar-refractivity contribution in [1.82, 2.24) is 0 Å². The normalized spacial score (nSPS) is 19.0. The molecule has 2 rings (SSSR count). The molecule has 0 fully saturated rings. The molecule has 25 heavy (non-hydrogen) atoms. The Morgan fingerprint density at radius 1 is 1.12 bits per heavy atom. The summed E-state index contributed by atoms with van der Waals surface area (Å²) < 4.78 is 2.95. The third-order valence-electron chi connectivity index (χ3n) is 3.58. The van der Waals surface area contributed by atoms with Crippen molar-refractivity contribution >= 4 is 91.6 Å². The average Bonchev–Trinajstić information content (AvgIpc) is 2.51. The SMILES string of the molecule is COc1ccc(C=C[C@H]2C=C(C(Cl)(Cl)Cl)C=C(C(Cl)(Cl)Cl)C2)cc1Br. The standard InChI is InChI=1S/C17H13BrCl6O/c1-25-15-5-4-10(8-14(15)18)2-3-11-6-12(16(19,20)21)9-13(7-11)17(22,23)24/h2-6,8-9,11H,7H2,1H3/t11-/m0/s1. The number of halogens is 7. The van der Waals surface area contributed by atoms with Crippen LogP contribution in [0.4, 0.5) is 0 Å². The summed E-state index contributed by atoms with van der Waals surface area (Å²) in [6.45, 7) is 0. The third-order valence-corrected chi connectivity index (χ3v) is 5.58. The molecule has 0 aliphatic heterocycles. The highest BCUT2D eigenvalue weighted by Gasteiger charge is 2.34. The summed E-state index contributed by atoms with van der Waals surface area (Å²) in [5.74, 6) is 0.691. The van der Waals surface area contributed by atoms with Gasteiger partial charge < -0.3 is 4.74 Å². The minimum Gasteiger partial charge on any atom is -0.496 e. The second-order valence-electron chi connectivity index (χ2n) is 5.41. The predicted octanol–water partition coefficient (Wildman–Crippen LogP) is 8.08. The van der Waals surface area contributed by atoms with Gasteiger partial charge in [0.2, 0.25) is 7.59 Å². The highest BCUT2D eigenvalue weighted by molar-refractivity contribution is 9.10. The van der Waals surface area contributed by atoms with Crippen LogP contribution in [-0.4, -0.2) is 14.7 Å². The zero-order valence-corrected chi connectivity index (χ0v) is 19.0. The summed E-state index contributed by atoms with van der Waals surface area (Å²) >= 11 is 39.6. The number of methoxy groups -OCH3 is 1. The quantitative estimate of drug-likeness (QED) is 0.362. The molecular weight excluding hydrogens is 513 g/mol. The first kappa shape index (κ1) is 21.8. The maximum absolute atomic E-state index is 6.03. The van der Waals surface area contributed by atoms with Gasteiger partial charge in [-0.05, 0) is 57.1 Å². The van der Waals surface area contributed by atoms with Crippen LogP contribution in [0.15, 0.2) is 52.0 Å². The van der Waals surface area contributed by atoms with Gasteiger partial charge in [0.25, 0.3) is 0 Å². The number of hydrogen-bond acceptors (Lipinski definition) is 1. The van der Waals surface area contributed by atoms with E-state index in [1.165, 1.54) is 0 Å². The molecule has 1 aromatic carbocycles. The van der Waals surface area contributed by atoms with Gasteiger partial charge in [-0.1, -0.05) is 100.0 Å². The molecule has 1 atom stereocenters. The van der Waals surface area contributed by atoms with Gasteiger partial charge in [-0.25, -0.2) is 0 Å². The van der Waals surface area contributed by atoms with E-state index in [1.807, 2.05) is 36.4 Å². The summed E-state index contributed by atoms with van der Waals surface area (Å²) in [4.78, 5) is 0. The van der Waals surface area contributed by atoms with Crippen molar-refractivity contribution in [3.8, 4) is 5.75 Å². The van der Waals surface area contributed by atoms with E-state index in [1.54, 1.807) is 13.2 Å². The minimum atomic E-state index is -1.59. The molecule has 136 valence electrons. The largest absolute Gasteiger partial charge is 0.496 e. The van der Waals surface area contributed by atoms with E-state index in [-0.39, 0.29) is 5.92 Å². The fourth-order valence-corrected chi connectivity index (χ4v) is 3.66. The fourth-order valence-electron chi connectivity index (χ4n) is 2.36. The highest BCUT2D eigenvalue weighted by atomic mass is 79.9. The van der Waals surface area contributed by atoms with Gasteiger partial charge in [0.05, 0.1) is 11.6 Å². The van der Waals surface area contributed by atoms with Crippen LogP contribution in [0.25, 0.3) is 6.08 Å². The maximum atomic E-state index is 6.03. The highest BCUT2D eigenvalue weighted by Crippen LogP contribution is 2.46. The molecule has 0 radical (unpaired) electrons. The number of hydrogen-bond donors (Lipinski definition) is 0. The van der Waals surface area contributed by atoms with Crippen LogP contribution < -0.4 is 4.74 Å². The van der Waals surface area contributed by atoms with E-state index in [0.29, 0.717) is 17.6 Å². The fraction of sp³-hybridized carbons (Fsp3) is 0.294. The maximum Gasteiger partial charge on any atom is 0.215 e. The van der Waals surface area contributed by atoms with Gasteiger partial charge in [-0.2, -0.15) is 0 Å². The number of alkyl halides is 6. The number of benzene rings is 1. The van der Waals surface area contributed by atoms with Gasteiger partial charge >= 0.3 is 0 Å². The first-order valence-electron chi connectivity index (χ1n) is 7.09. The topological polar surface area (TPSA) is 9.23 Å². The van der Waals surface area contributed by atoms with Crippen LogP contribution in [0.5, 0.6) is 5.75 Å². The lowest BCUT2D eigenvalue weighted by Crippen LogP contribution is -2.18. The Kier molecular flexibility index (Phi) is 7.52. The van der Waals surface area contributed by atoms with Crippen LogP contribution >= 0.6 is 85.5 Å². The molecule has 1 aliphatic rings. The van der Waals surface area contributed by atoms with Crippen molar-refractivity contribution in [1.29, 1.82) is 0 Å². The molecule has 0 saturated carbocycles. The Hall–Kier alpha value is 0.460. The zero-order valence-electron chi connectivity index (χ0n) is 12.9. The zero-order chi connectivity index (χ0) is 18.8. The lowest BCUT2D eigenvalue weighted by molar-refractivity contribution is 0.412. The Morgan fingerprint density at radius 3 is 2.32 bits per heavy atom. The van der Waals surface area contributed by atoms with Crippen molar-refractivity contribution in [3.63, 3.8) is 0 Å². The lowest BCUT2D eigenvalue weighted by atomic mass is 9.90. The van der Waals surface area contributed by atoms with E-state index < -0.39 is 7.59 Å². The molecule has 0 spiro atoms. The van der Waals surface area contributed by atoms with Crippen LogP contribution in [-0.2, 0) is 0 Å². The van der Waals surface area contributed by atoms with E-state index >= 15 is 0 Å². The monoisotopic (exact) mass is 522 g/mol. The summed E-state index contributed by atoms with van der Waals surface area (Å²) in [6.07, 6.45) is 7.96. The summed E-state index contributed by atoms with van der Waals surface area (Å²) in [7, 11) is 1.62. The number of rotatable bonds is 3. The van der Waals surface area contributed by atoms with Crippen molar-refractivity contribution in [2.24, 2.45) is 5.92 Å². The van der Waals surface area contributed by atoms with E-state index in [2.05, 4.69) is 15.9 Å². The Bertz CT molecular complexity index is 728. The third kappa shape index (κ3) is 6.24. The molecule has 0 amide bonds. The smallest absolute Gasteiger partial charge is 0.215 e. The van der Waals surface area contributed by atoms with Gasteiger partial charge in [-0.3, -0.25) is 0 Å². The second-order valence-corrected chi connectivity index (χ2v) is 10.8. The number of ether oxygens (including phenoxy) is 1. The van der Waals surface area contributed by atoms with E-state index in [4.69, 9.17) is 74.3 Å². The molecule has 0 heterocycles. The first-order valence-corrected chi connectivity index (χ1v) is 10.2. The molecule has 8 heteroatoms. The van der Waals surface area contributed by atoms with Crippen LogP contribution in [0, 0.1) is 5.92 Å². The van der Waals surface area contributed by atoms with Gasteiger partial charge in [0.15, 0.2) is 0 Å². The van der Waals surface area contributed by atoms with Crippen LogP contribution in [0.1, 0.15) is 12.0 Å². The van der Waals surface area contributed by atoms with E-state index in [9.17, 15) is 0 Å². The summed E-state index contributed by atoms with van der Waals surface area (Å²) in [5.41, 5.74) is 2.05. The molecule has 1 aliphatic carbocycles. The first-order chi connectivity index (χ1) is 11.5. The Morgan fingerprint density at radius 2 is 1.80 bits per heavy atom. The van der Waals surface area contributed by atoms with Crippen LogP contribution in [0.2, 0.25) is 0 Å². The Balaban J connectivity index is 2.28. The second kappa shape index (κ2) is 8.65. The molecule has 1 aromatic rings. The molecular formula is C17H13BrCl6O. The van der Waals surface area contributed by atoms with E-state index in [0.717, 1.165) is 15.8 Å². The predicted molar refractivity (Wildman–Crippen MR) is 115 cm³/mol. The van der Waals surface area contributed by atoms with Crippen molar-refractivity contribution < 1.29 is 4.74 Å². The molecule has 0 aromatic heterocycles. The van der Waals surface area contributed by atoms with Crippen molar-refractivity contribution in [2.75, 3.05) is 7.11 Å². The molecule has 1 nitrogen and oxygen atoms in total. The molecule has 0 unspecified atom stereocenters. The number of allylic oxidation sites excluding steroid dienone is 5. The van der Waals surface area contributed by atoms with Gasteiger partial charge in [0, 0.05) is 0 Å². The molecule has 0 saturated heterocycles. The van der Waals surface area contributed by atoms with Crippen molar-refractivity contribution in [2.45, 2.75) is 14.0 Å².